The number of para-hydroxylation sites is 2. The SMILES string of the molecule is Cc1cccc(C(=O)Oc2ccccc2C=Nn2c(-c3ccc([N+](=O)[O-])cc3)nc3ccccc3c2=O)c1. The van der Waals surface area contributed by atoms with Crippen molar-refractivity contribution in [2.45, 2.75) is 6.92 Å². The zero-order valence-corrected chi connectivity index (χ0v) is 20.1. The molecule has 5 rings (SSSR count). The minimum absolute atomic E-state index is 0.0868. The summed E-state index contributed by atoms with van der Waals surface area (Å²) in [7, 11) is 0. The van der Waals surface area contributed by atoms with Gasteiger partial charge in [0.2, 0.25) is 0 Å². The molecular weight excluding hydrogens is 484 g/mol. The topological polar surface area (TPSA) is 117 Å². The molecule has 38 heavy (non-hydrogen) atoms. The van der Waals surface area contributed by atoms with Crippen LogP contribution in [0.2, 0.25) is 0 Å². The van der Waals surface area contributed by atoms with Gasteiger partial charge >= 0.3 is 5.97 Å². The van der Waals surface area contributed by atoms with Crippen LogP contribution < -0.4 is 10.3 Å². The lowest BCUT2D eigenvalue weighted by Gasteiger charge is -2.10. The Kier molecular flexibility index (Phi) is 6.56. The van der Waals surface area contributed by atoms with Gasteiger partial charge in [-0.15, -0.1) is 0 Å². The number of fused-ring (bicyclic) bond motifs is 1. The van der Waals surface area contributed by atoms with Gasteiger partial charge in [-0.05, 0) is 55.5 Å². The molecule has 0 amide bonds. The number of benzene rings is 4. The maximum absolute atomic E-state index is 13.4. The van der Waals surface area contributed by atoms with Gasteiger partial charge in [-0.25, -0.2) is 9.78 Å². The molecular formula is C29H20N4O5. The van der Waals surface area contributed by atoms with E-state index in [1.807, 2.05) is 13.0 Å². The summed E-state index contributed by atoms with van der Waals surface area (Å²) in [5.74, 6) is -0.0545. The Morgan fingerprint density at radius 1 is 0.974 bits per heavy atom. The summed E-state index contributed by atoms with van der Waals surface area (Å²) < 4.78 is 6.76. The van der Waals surface area contributed by atoms with E-state index in [0.29, 0.717) is 27.6 Å². The number of hydrogen-bond donors (Lipinski definition) is 0. The molecule has 0 saturated carbocycles. The van der Waals surface area contributed by atoms with Crippen molar-refractivity contribution in [3.8, 4) is 17.1 Å². The first kappa shape index (κ1) is 24.3. The lowest BCUT2D eigenvalue weighted by molar-refractivity contribution is -0.384. The molecule has 0 radical (unpaired) electrons. The van der Waals surface area contributed by atoms with Crippen LogP contribution >= 0.6 is 0 Å². The Balaban J connectivity index is 1.57. The molecule has 0 N–H and O–H groups in total. The highest BCUT2D eigenvalue weighted by Crippen LogP contribution is 2.23. The molecule has 9 heteroatoms. The maximum Gasteiger partial charge on any atom is 0.343 e. The highest BCUT2D eigenvalue weighted by molar-refractivity contribution is 5.93. The number of carbonyl (C=O) groups excluding carboxylic acids is 1. The third-order valence-electron chi connectivity index (χ3n) is 5.78. The highest BCUT2D eigenvalue weighted by Gasteiger charge is 2.15. The van der Waals surface area contributed by atoms with Crippen molar-refractivity contribution in [3.63, 3.8) is 0 Å². The summed E-state index contributed by atoms with van der Waals surface area (Å²) >= 11 is 0. The van der Waals surface area contributed by atoms with E-state index in [4.69, 9.17) is 4.74 Å². The van der Waals surface area contributed by atoms with Crippen molar-refractivity contribution in [1.82, 2.24) is 9.66 Å². The maximum atomic E-state index is 13.4. The lowest BCUT2D eigenvalue weighted by atomic mass is 10.1. The number of rotatable bonds is 6. The fourth-order valence-corrected chi connectivity index (χ4v) is 3.88. The molecule has 0 unspecified atom stereocenters. The van der Waals surface area contributed by atoms with E-state index < -0.39 is 16.5 Å². The molecule has 186 valence electrons. The number of aromatic nitrogens is 2. The van der Waals surface area contributed by atoms with Crippen molar-refractivity contribution < 1.29 is 14.5 Å². The van der Waals surface area contributed by atoms with Crippen molar-refractivity contribution in [1.29, 1.82) is 0 Å². The summed E-state index contributed by atoms with van der Waals surface area (Å²) in [6.07, 6.45) is 1.41. The van der Waals surface area contributed by atoms with Gasteiger partial charge in [0.1, 0.15) is 5.75 Å². The van der Waals surface area contributed by atoms with E-state index in [2.05, 4.69) is 10.1 Å². The van der Waals surface area contributed by atoms with Gasteiger partial charge in [0.25, 0.3) is 11.2 Å². The molecule has 0 aliphatic heterocycles. The Morgan fingerprint density at radius 2 is 1.71 bits per heavy atom. The van der Waals surface area contributed by atoms with E-state index in [-0.39, 0.29) is 17.3 Å². The second kappa shape index (κ2) is 10.3. The standard InChI is InChI=1S/C29H20N4O5/c1-19-7-6-9-21(17-19)29(35)38-26-12-5-2-8-22(26)18-30-32-27(20-13-15-23(16-14-20)33(36)37)31-25-11-4-3-10-24(25)28(32)34/h2-18H,1H3. The van der Waals surface area contributed by atoms with Gasteiger partial charge in [-0.3, -0.25) is 14.9 Å². The fraction of sp³-hybridized carbons (Fsp3) is 0.0345. The minimum atomic E-state index is -0.523. The Morgan fingerprint density at radius 3 is 2.47 bits per heavy atom. The van der Waals surface area contributed by atoms with Crippen LogP contribution in [0.5, 0.6) is 5.75 Å². The summed E-state index contributed by atoms with van der Waals surface area (Å²) in [5.41, 5.74) is 2.22. The molecule has 0 bridgehead atoms. The van der Waals surface area contributed by atoms with E-state index in [1.165, 1.54) is 30.5 Å². The predicted molar refractivity (Wildman–Crippen MR) is 144 cm³/mol. The third-order valence-corrected chi connectivity index (χ3v) is 5.78. The van der Waals surface area contributed by atoms with Crippen LogP contribution in [-0.4, -0.2) is 26.8 Å². The quantitative estimate of drug-likeness (QED) is 0.101. The second-order valence-electron chi connectivity index (χ2n) is 8.41. The van der Waals surface area contributed by atoms with Gasteiger partial charge in [0, 0.05) is 23.3 Å². The number of nitrogens with zero attached hydrogens (tertiary/aromatic N) is 4. The van der Waals surface area contributed by atoms with Crippen LogP contribution in [-0.2, 0) is 0 Å². The normalized spacial score (nSPS) is 11.1. The molecule has 0 saturated heterocycles. The van der Waals surface area contributed by atoms with Crippen molar-refractivity contribution in [3.05, 3.63) is 134 Å². The molecule has 1 aromatic heterocycles. The van der Waals surface area contributed by atoms with E-state index in [1.54, 1.807) is 66.7 Å². The van der Waals surface area contributed by atoms with E-state index in [0.717, 1.165) is 10.2 Å². The number of esters is 1. The number of nitro benzene ring substituents is 1. The fourth-order valence-electron chi connectivity index (χ4n) is 3.88. The number of aryl methyl sites for hydroxylation is 1. The molecule has 0 atom stereocenters. The summed E-state index contributed by atoms with van der Waals surface area (Å²) in [6, 6.07) is 26.4. The molecule has 4 aromatic carbocycles. The van der Waals surface area contributed by atoms with Crippen molar-refractivity contribution >= 4 is 28.8 Å². The molecule has 0 aliphatic carbocycles. The van der Waals surface area contributed by atoms with E-state index in [9.17, 15) is 19.7 Å². The smallest absolute Gasteiger partial charge is 0.343 e. The van der Waals surface area contributed by atoms with Crippen LogP contribution in [0.3, 0.4) is 0 Å². The number of nitro groups is 1. The molecule has 9 nitrogen and oxygen atoms in total. The van der Waals surface area contributed by atoms with Crippen LogP contribution in [0.4, 0.5) is 5.69 Å². The number of non-ortho nitro benzene ring substituents is 1. The minimum Gasteiger partial charge on any atom is -0.422 e. The molecule has 1 heterocycles. The second-order valence-corrected chi connectivity index (χ2v) is 8.41. The Hall–Kier alpha value is -5.44. The van der Waals surface area contributed by atoms with Gasteiger partial charge in [-0.1, -0.05) is 42.0 Å². The summed E-state index contributed by atoms with van der Waals surface area (Å²) in [6.45, 7) is 1.88. The van der Waals surface area contributed by atoms with Crippen LogP contribution in [0.1, 0.15) is 21.5 Å². The highest BCUT2D eigenvalue weighted by atomic mass is 16.6. The first-order valence-electron chi connectivity index (χ1n) is 11.6. The Bertz CT molecular complexity index is 1770. The predicted octanol–water partition coefficient (Wildman–Crippen LogP) is 5.38. The van der Waals surface area contributed by atoms with Gasteiger partial charge in [-0.2, -0.15) is 9.78 Å². The van der Waals surface area contributed by atoms with Gasteiger partial charge < -0.3 is 4.74 Å². The molecule has 0 aliphatic rings. The molecule has 5 aromatic rings. The average molecular weight is 505 g/mol. The van der Waals surface area contributed by atoms with E-state index >= 15 is 0 Å². The van der Waals surface area contributed by atoms with Crippen LogP contribution in [0.25, 0.3) is 22.3 Å². The van der Waals surface area contributed by atoms with Crippen LogP contribution in [0, 0.1) is 17.0 Å². The third kappa shape index (κ3) is 4.93. The first-order chi connectivity index (χ1) is 18.4. The van der Waals surface area contributed by atoms with Crippen LogP contribution in [0.15, 0.2) is 107 Å². The van der Waals surface area contributed by atoms with Crippen molar-refractivity contribution in [2.75, 3.05) is 0 Å². The Labute approximate surface area is 216 Å². The summed E-state index contributed by atoms with van der Waals surface area (Å²) in [4.78, 5) is 41.3. The molecule has 0 spiro atoms. The lowest BCUT2D eigenvalue weighted by Crippen LogP contribution is -2.20. The average Bonchev–Trinajstić information content (AvgIpc) is 2.93. The zero-order valence-electron chi connectivity index (χ0n) is 20.1. The largest absolute Gasteiger partial charge is 0.422 e. The van der Waals surface area contributed by atoms with Gasteiger partial charge in [0.05, 0.1) is 27.6 Å². The molecule has 0 fully saturated rings. The van der Waals surface area contributed by atoms with Crippen molar-refractivity contribution in [2.24, 2.45) is 5.10 Å². The number of ether oxygens (including phenoxy) is 1. The number of hydrogen-bond acceptors (Lipinski definition) is 7. The van der Waals surface area contributed by atoms with Gasteiger partial charge in [0.15, 0.2) is 5.82 Å². The first-order valence-corrected chi connectivity index (χ1v) is 11.6. The zero-order chi connectivity index (χ0) is 26.6. The number of carbonyl (C=O) groups is 1. The monoisotopic (exact) mass is 504 g/mol. The summed E-state index contributed by atoms with van der Waals surface area (Å²) in [5, 5.41) is 15.9.